The molecule has 1 aromatic carbocycles. The Labute approximate surface area is 180 Å². The van der Waals surface area contributed by atoms with Crippen molar-refractivity contribution < 1.29 is 23.0 Å². The summed E-state index contributed by atoms with van der Waals surface area (Å²) in [5.74, 6) is -0.405. The van der Waals surface area contributed by atoms with Crippen molar-refractivity contribution in [3.05, 3.63) is 53.9 Å². The molecule has 1 aliphatic heterocycles. The Morgan fingerprint density at radius 1 is 1.37 bits per heavy atom. The van der Waals surface area contributed by atoms with E-state index in [-0.39, 0.29) is 13.0 Å². The summed E-state index contributed by atoms with van der Waals surface area (Å²) in [7, 11) is 0. The first-order chi connectivity index (χ1) is 14.0. The van der Waals surface area contributed by atoms with Gasteiger partial charge in [0.05, 0.1) is 18.9 Å². The number of ether oxygens (including phenoxy) is 2. The van der Waals surface area contributed by atoms with Crippen LogP contribution in [0.5, 0.6) is 0 Å². The Bertz CT molecular complexity index is 873. The van der Waals surface area contributed by atoms with E-state index in [0.29, 0.717) is 11.1 Å². The third kappa shape index (κ3) is 5.31. The zero-order valence-electron chi connectivity index (χ0n) is 17.5. The number of carbonyl (C=O) groups is 1. The molecule has 0 aliphatic carbocycles. The van der Waals surface area contributed by atoms with Crippen LogP contribution in [-0.4, -0.2) is 44.9 Å². The highest BCUT2D eigenvalue weighted by Crippen LogP contribution is 2.38. The first-order valence-corrected chi connectivity index (χ1v) is 10.3. The van der Waals surface area contributed by atoms with Crippen LogP contribution in [0.25, 0.3) is 0 Å². The minimum atomic E-state index is -1.24. The van der Waals surface area contributed by atoms with Gasteiger partial charge in [-0.3, -0.25) is 4.90 Å². The van der Waals surface area contributed by atoms with Crippen LogP contribution < -0.4 is 0 Å². The van der Waals surface area contributed by atoms with Crippen LogP contribution in [0.4, 0.5) is 13.6 Å². The average Bonchev–Trinajstić information content (AvgIpc) is 3.30. The second-order valence-corrected chi connectivity index (χ2v) is 8.88. The lowest BCUT2D eigenvalue weighted by molar-refractivity contribution is -0.0489. The fourth-order valence-corrected chi connectivity index (χ4v) is 3.68. The molecule has 0 spiro atoms. The maximum Gasteiger partial charge on any atom is 0.410 e. The number of thiol groups is 1. The van der Waals surface area contributed by atoms with Gasteiger partial charge in [-0.2, -0.15) is 0 Å². The third-order valence-electron chi connectivity index (χ3n) is 4.84. The lowest BCUT2D eigenvalue weighted by Gasteiger charge is -2.34. The molecular weight excluding hydrogens is 412 g/mol. The van der Waals surface area contributed by atoms with Crippen molar-refractivity contribution in [2.45, 2.75) is 63.6 Å². The van der Waals surface area contributed by atoms with Crippen LogP contribution in [-0.2, 0) is 9.47 Å². The lowest BCUT2D eigenvalue weighted by Crippen LogP contribution is -2.43. The molecule has 1 aliphatic rings. The molecule has 0 radical (unpaired) electrons. The molecular formula is C21H27F2N3O3S. The van der Waals surface area contributed by atoms with Crippen molar-refractivity contribution in [2.24, 2.45) is 0 Å². The maximum absolute atomic E-state index is 14.4. The van der Waals surface area contributed by atoms with Crippen LogP contribution in [0.2, 0.25) is 0 Å². The molecule has 0 N–H and O–H groups in total. The fourth-order valence-electron chi connectivity index (χ4n) is 3.41. The van der Waals surface area contributed by atoms with Gasteiger partial charge in [0.1, 0.15) is 23.7 Å². The Morgan fingerprint density at radius 3 is 2.70 bits per heavy atom. The maximum atomic E-state index is 14.4. The van der Waals surface area contributed by atoms with E-state index in [4.69, 9.17) is 9.47 Å². The first-order valence-electron chi connectivity index (χ1n) is 9.76. The number of carbonyl (C=O) groups excluding carboxylic acids is 1. The van der Waals surface area contributed by atoms with Gasteiger partial charge in [0.25, 0.3) is 0 Å². The minimum absolute atomic E-state index is 0.0455. The summed E-state index contributed by atoms with van der Waals surface area (Å²) in [4.78, 5) is 18.1. The molecule has 1 amide bonds. The van der Waals surface area contributed by atoms with Gasteiger partial charge in [-0.25, -0.2) is 18.6 Å². The number of aromatic nitrogens is 2. The molecule has 9 heteroatoms. The molecule has 2 aromatic rings. The monoisotopic (exact) mass is 439 g/mol. The Morgan fingerprint density at radius 2 is 2.10 bits per heavy atom. The standard InChI is InChI=1S/C21H27F2N3O3S/c1-13-5-6-14(9-16(13)23)18(28-20(30)25-8-7-24-12-25)17-10-15(22)11-26(17)19(27)29-21(2,3)4/h5-9,12,15,17-18,20,30H,10-11H2,1-4H3/t15-,17+,18-,20?/m1/s1. The van der Waals surface area contributed by atoms with Crippen molar-refractivity contribution in [3.8, 4) is 0 Å². The van der Waals surface area contributed by atoms with Crippen molar-refractivity contribution in [1.82, 2.24) is 14.5 Å². The predicted octanol–water partition coefficient (Wildman–Crippen LogP) is 4.82. The van der Waals surface area contributed by atoms with Crippen molar-refractivity contribution in [1.29, 1.82) is 0 Å². The molecule has 0 saturated carbocycles. The number of likely N-dealkylation sites (tertiary alicyclic amines) is 1. The molecule has 2 heterocycles. The summed E-state index contributed by atoms with van der Waals surface area (Å²) >= 11 is 4.47. The van der Waals surface area contributed by atoms with Crippen LogP contribution in [0.15, 0.2) is 36.9 Å². The SMILES string of the molecule is Cc1ccc([C@@H](OC(S)n2ccnc2)[C@@H]2C[C@@H](F)CN2C(=O)OC(C)(C)C)cc1F. The van der Waals surface area contributed by atoms with E-state index in [1.807, 2.05) is 0 Å². The van der Waals surface area contributed by atoms with Crippen LogP contribution in [0, 0.1) is 12.7 Å². The summed E-state index contributed by atoms with van der Waals surface area (Å²) in [5.41, 5.74) is -0.523. The van der Waals surface area contributed by atoms with Gasteiger partial charge in [-0.1, -0.05) is 12.1 Å². The van der Waals surface area contributed by atoms with E-state index in [1.54, 1.807) is 56.8 Å². The molecule has 4 atom stereocenters. The summed E-state index contributed by atoms with van der Waals surface area (Å²) in [6, 6.07) is 4.02. The third-order valence-corrected chi connectivity index (χ3v) is 5.23. The number of halogens is 2. The molecule has 6 nitrogen and oxygen atoms in total. The number of hydrogen-bond acceptors (Lipinski definition) is 5. The molecule has 1 unspecified atom stereocenters. The smallest absolute Gasteiger partial charge is 0.410 e. The summed E-state index contributed by atoms with van der Waals surface area (Å²) in [5, 5.41) is 0. The largest absolute Gasteiger partial charge is 0.444 e. The Hall–Kier alpha value is -2.13. The van der Waals surface area contributed by atoms with Gasteiger partial charge in [0.15, 0.2) is 5.56 Å². The molecule has 1 fully saturated rings. The number of hydrogen-bond donors (Lipinski definition) is 1. The number of benzene rings is 1. The minimum Gasteiger partial charge on any atom is -0.444 e. The topological polar surface area (TPSA) is 56.6 Å². The van der Waals surface area contributed by atoms with Gasteiger partial charge in [-0.05, 0) is 44.9 Å². The number of imidazole rings is 1. The number of nitrogens with zero attached hydrogens (tertiary/aromatic N) is 3. The number of aryl methyl sites for hydroxylation is 1. The second-order valence-electron chi connectivity index (χ2n) is 8.43. The highest BCUT2D eigenvalue weighted by molar-refractivity contribution is 7.80. The quantitative estimate of drug-likeness (QED) is 0.536. The van der Waals surface area contributed by atoms with E-state index >= 15 is 0 Å². The normalized spacial score (nSPS) is 21.5. The van der Waals surface area contributed by atoms with Crippen molar-refractivity contribution in [3.63, 3.8) is 0 Å². The molecule has 30 heavy (non-hydrogen) atoms. The molecule has 164 valence electrons. The van der Waals surface area contributed by atoms with Gasteiger partial charge < -0.3 is 14.0 Å². The van der Waals surface area contributed by atoms with E-state index in [0.717, 1.165) is 0 Å². The van der Waals surface area contributed by atoms with Crippen LogP contribution >= 0.6 is 12.6 Å². The Balaban J connectivity index is 1.94. The van der Waals surface area contributed by atoms with Crippen LogP contribution in [0.1, 0.15) is 50.0 Å². The van der Waals surface area contributed by atoms with Crippen molar-refractivity contribution in [2.75, 3.05) is 6.54 Å². The number of alkyl halides is 1. The number of amides is 1. The molecule has 1 aromatic heterocycles. The second kappa shape index (κ2) is 8.93. The molecule has 0 bridgehead atoms. The summed E-state index contributed by atoms with van der Waals surface area (Å²) in [6.45, 7) is 6.78. The molecule has 1 saturated heterocycles. The summed E-state index contributed by atoms with van der Waals surface area (Å²) in [6.07, 6.45) is 2.13. The van der Waals surface area contributed by atoms with E-state index in [9.17, 15) is 13.6 Å². The van der Waals surface area contributed by atoms with Gasteiger partial charge in [0, 0.05) is 18.8 Å². The average molecular weight is 440 g/mol. The van der Waals surface area contributed by atoms with Gasteiger partial charge in [0.2, 0.25) is 0 Å². The van der Waals surface area contributed by atoms with E-state index in [2.05, 4.69) is 17.6 Å². The van der Waals surface area contributed by atoms with Crippen molar-refractivity contribution >= 4 is 18.7 Å². The Kier molecular flexibility index (Phi) is 6.71. The van der Waals surface area contributed by atoms with Crippen LogP contribution in [0.3, 0.4) is 0 Å². The fraction of sp³-hybridized carbons (Fsp3) is 0.524. The lowest BCUT2D eigenvalue weighted by atomic mass is 9.98. The highest BCUT2D eigenvalue weighted by Gasteiger charge is 2.43. The zero-order chi connectivity index (χ0) is 22.1. The molecule has 3 rings (SSSR count). The van der Waals surface area contributed by atoms with E-state index in [1.165, 1.54) is 17.3 Å². The number of rotatable bonds is 5. The van der Waals surface area contributed by atoms with Gasteiger partial charge in [-0.15, -0.1) is 12.6 Å². The first kappa shape index (κ1) is 22.6. The zero-order valence-corrected chi connectivity index (χ0v) is 18.4. The van der Waals surface area contributed by atoms with Gasteiger partial charge >= 0.3 is 6.09 Å². The summed E-state index contributed by atoms with van der Waals surface area (Å²) < 4.78 is 42.0. The highest BCUT2D eigenvalue weighted by atomic mass is 32.1. The predicted molar refractivity (Wildman–Crippen MR) is 111 cm³/mol. The van der Waals surface area contributed by atoms with E-state index < -0.39 is 41.4 Å².